The van der Waals surface area contributed by atoms with Gasteiger partial charge in [-0.1, -0.05) is 78.1 Å². The van der Waals surface area contributed by atoms with Crippen molar-refractivity contribution in [3.63, 3.8) is 0 Å². The van der Waals surface area contributed by atoms with Crippen LogP contribution in [0.25, 0.3) is 23.0 Å². The summed E-state index contributed by atoms with van der Waals surface area (Å²) < 4.78 is 2.39. The minimum Gasteiger partial charge on any atom is -0.289 e. The van der Waals surface area contributed by atoms with E-state index < -0.39 is 0 Å². The Morgan fingerprint density at radius 1 is 1.14 bits per heavy atom. The normalized spacial score (nSPS) is 15.3. The van der Waals surface area contributed by atoms with E-state index in [1.165, 1.54) is 17.3 Å². The summed E-state index contributed by atoms with van der Waals surface area (Å²) in [6.45, 7) is 6.17. The third kappa shape index (κ3) is 3.95. The molecule has 6 heteroatoms. The molecule has 4 rings (SSSR count). The van der Waals surface area contributed by atoms with Gasteiger partial charge in [0.25, 0.3) is 5.91 Å². The average Bonchev–Trinajstić information content (AvgIpc) is 3.26. The molecule has 0 aliphatic carbocycles. The first-order chi connectivity index (χ1) is 14.1. The lowest BCUT2D eigenvalue weighted by Gasteiger charge is -2.10. The quantitative estimate of drug-likeness (QED) is 0.323. The third-order valence-electron chi connectivity index (χ3n) is 4.56. The number of thiocarbonyl (C=S) groups is 1. The van der Waals surface area contributed by atoms with E-state index in [9.17, 15) is 4.79 Å². The van der Waals surface area contributed by atoms with Crippen molar-refractivity contribution >= 4 is 40.3 Å². The van der Waals surface area contributed by atoms with E-state index in [1.807, 2.05) is 59.4 Å². The van der Waals surface area contributed by atoms with Crippen LogP contribution in [0.2, 0.25) is 0 Å². The number of nitrogens with zero attached hydrogens (tertiary/aromatic N) is 3. The number of carbonyl (C=O) groups is 1. The fourth-order valence-corrected chi connectivity index (χ4v) is 4.34. The SMILES string of the molecule is C=CCN1C(=O)/C(=C\c2cn(-c3ccccc3)nc2-c2ccc(C)cc2)SC1=S. The number of para-hydroxylation sites is 1. The fraction of sp³-hybridized carbons (Fsp3) is 0.0870. The summed E-state index contributed by atoms with van der Waals surface area (Å²) >= 11 is 6.67. The second-order valence-electron chi connectivity index (χ2n) is 6.66. The van der Waals surface area contributed by atoms with Crippen molar-refractivity contribution in [2.75, 3.05) is 6.54 Å². The van der Waals surface area contributed by atoms with Gasteiger partial charge in [0.15, 0.2) is 0 Å². The van der Waals surface area contributed by atoms with Crippen molar-refractivity contribution in [1.82, 2.24) is 14.7 Å². The van der Waals surface area contributed by atoms with E-state index in [0.717, 1.165) is 22.5 Å². The number of rotatable bonds is 5. The van der Waals surface area contributed by atoms with Gasteiger partial charge in [-0.25, -0.2) is 4.68 Å². The molecular formula is C23H19N3OS2. The van der Waals surface area contributed by atoms with Crippen molar-refractivity contribution in [3.05, 3.63) is 89.5 Å². The molecule has 0 spiro atoms. The summed E-state index contributed by atoms with van der Waals surface area (Å²) in [6, 6.07) is 18.1. The smallest absolute Gasteiger partial charge is 0.266 e. The summed E-state index contributed by atoms with van der Waals surface area (Å²) in [7, 11) is 0. The van der Waals surface area contributed by atoms with Crippen molar-refractivity contribution in [2.45, 2.75) is 6.92 Å². The van der Waals surface area contributed by atoms with Gasteiger partial charge < -0.3 is 0 Å². The first kappa shape index (κ1) is 19.4. The summed E-state index contributed by atoms with van der Waals surface area (Å²) in [4.78, 5) is 14.9. The molecule has 0 atom stereocenters. The lowest BCUT2D eigenvalue weighted by Crippen LogP contribution is -2.27. The number of carbonyl (C=O) groups excluding carboxylic acids is 1. The molecule has 4 nitrogen and oxygen atoms in total. The number of aromatic nitrogens is 2. The van der Waals surface area contributed by atoms with E-state index in [-0.39, 0.29) is 5.91 Å². The number of benzene rings is 2. The summed E-state index contributed by atoms with van der Waals surface area (Å²) in [5.41, 5.74) is 4.83. The van der Waals surface area contributed by atoms with Gasteiger partial charge in [0.2, 0.25) is 0 Å². The molecule has 144 valence electrons. The maximum Gasteiger partial charge on any atom is 0.266 e. The maximum atomic E-state index is 12.8. The third-order valence-corrected chi connectivity index (χ3v) is 5.94. The molecule has 0 unspecified atom stereocenters. The molecule has 0 bridgehead atoms. The minimum atomic E-state index is -0.0952. The molecule has 3 aromatic rings. The lowest BCUT2D eigenvalue weighted by atomic mass is 10.1. The van der Waals surface area contributed by atoms with E-state index in [2.05, 4.69) is 25.6 Å². The molecule has 1 aliphatic rings. The van der Waals surface area contributed by atoms with Crippen LogP contribution in [0.4, 0.5) is 0 Å². The van der Waals surface area contributed by atoms with E-state index in [4.69, 9.17) is 17.3 Å². The van der Waals surface area contributed by atoms with Crippen molar-refractivity contribution in [1.29, 1.82) is 0 Å². The van der Waals surface area contributed by atoms with Crippen molar-refractivity contribution < 1.29 is 4.79 Å². The maximum absolute atomic E-state index is 12.8. The van der Waals surface area contributed by atoms with Crippen LogP contribution in [0.15, 0.2) is 78.4 Å². The number of hydrogen-bond donors (Lipinski definition) is 0. The molecule has 29 heavy (non-hydrogen) atoms. The van der Waals surface area contributed by atoms with Gasteiger partial charge in [-0.3, -0.25) is 9.69 Å². The molecule has 2 heterocycles. The second-order valence-corrected chi connectivity index (χ2v) is 8.34. The number of aryl methyl sites for hydroxylation is 1. The van der Waals surface area contributed by atoms with Gasteiger partial charge >= 0.3 is 0 Å². The highest BCUT2D eigenvalue weighted by Gasteiger charge is 2.31. The fourth-order valence-electron chi connectivity index (χ4n) is 3.07. The second kappa shape index (κ2) is 8.19. The van der Waals surface area contributed by atoms with Crippen LogP contribution in [0, 0.1) is 6.92 Å². The minimum absolute atomic E-state index is 0.0952. The molecule has 0 N–H and O–H groups in total. The Hall–Kier alpha value is -2.96. The summed E-state index contributed by atoms with van der Waals surface area (Å²) in [5, 5.41) is 4.81. The zero-order chi connectivity index (χ0) is 20.4. The largest absolute Gasteiger partial charge is 0.289 e. The molecule has 1 aromatic heterocycles. The average molecular weight is 418 g/mol. The van der Waals surface area contributed by atoms with Crippen LogP contribution in [-0.2, 0) is 4.79 Å². The predicted octanol–water partition coefficient (Wildman–Crippen LogP) is 5.23. The van der Waals surface area contributed by atoms with Crippen molar-refractivity contribution in [3.8, 4) is 16.9 Å². The van der Waals surface area contributed by atoms with E-state index in [1.54, 1.807) is 11.0 Å². The molecule has 2 aromatic carbocycles. The van der Waals surface area contributed by atoms with Gasteiger partial charge in [-0.15, -0.1) is 6.58 Å². The Kier molecular flexibility index (Phi) is 5.47. The molecule has 1 aliphatic heterocycles. The Bertz CT molecular complexity index is 1110. The topological polar surface area (TPSA) is 38.1 Å². The lowest BCUT2D eigenvalue weighted by molar-refractivity contribution is -0.121. The molecule has 0 saturated carbocycles. The predicted molar refractivity (Wildman–Crippen MR) is 124 cm³/mol. The Labute approximate surface area is 179 Å². The summed E-state index contributed by atoms with van der Waals surface area (Å²) in [6.07, 6.45) is 5.51. The Morgan fingerprint density at radius 2 is 1.86 bits per heavy atom. The monoisotopic (exact) mass is 417 g/mol. The molecule has 1 amide bonds. The van der Waals surface area contributed by atoms with Gasteiger partial charge in [0.05, 0.1) is 16.3 Å². The van der Waals surface area contributed by atoms with Crippen LogP contribution in [0.5, 0.6) is 0 Å². The van der Waals surface area contributed by atoms with Crippen LogP contribution in [-0.4, -0.2) is 31.5 Å². The van der Waals surface area contributed by atoms with Crippen molar-refractivity contribution in [2.24, 2.45) is 0 Å². The zero-order valence-corrected chi connectivity index (χ0v) is 17.5. The molecule has 0 radical (unpaired) electrons. The highest BCUT2D eigenvalue weighted by molar-refractivity contribution is 8.26. The number of amides is 1. The Balaban J connectivity index is 1.80. The first-order valence-electron chi connectivity index (χ1n) is 9.15. The zero-order valence-electron chi connectivity index (χ0n) is 15.9. The van der Waals surface area contributed by atoms with E-state index >= 15 is 0 Å². The highest BCUT2D eigenvalue weighted by atomic mass is 32.2. The molecule has 1 saturated heterocycles. The van der Waals surface area contributed by atoms with E-state index in [0.29, 0.717) is 15.8 Å². The molecular weight excluding hydrogens is 398 g/mol. The van der Waals surface area contributed by atoms with Crippen LogP contribution in [0.1, 0.15) is 11.1 Å². The summed E-state index contributed by atoms with van der Waals surface area (Å²) in [5.74, 6) is -0.0952. The van der Waals surface area contributed by atoms with Gasteiger partial charge in [-0.05, 0) is 25.1 Å². The number of thioether (sulfide) groups is 1. The Morgan fingerprint density at radius 3 is 2.55 bits per heavy atom. The van der Waals surface area contributed by atoms with Crippen LogP contribution < -0.4 is 0 Å². The number of hydrogen-bond acceptors (Lipinski definition) is 4. The highest BCUT2D eigenvalue weighted by Crippen LogP contribution is 2.34. The van der Waals surface area contributed by atoms with Crippen LogP contribution >= 0.6 is 24.0 Å². The van der Waals surface area contributed by atoms with Gasteiger partial charge in [0, 0.05) is 23.9 Å². The van der Waals surface area contributed by atoms with Gasteiger partial charge in [-0.2, -0.15) is 5.10 Å². The van der Waals surface area contributed by atoms with Crippen LogP contribution in [0.3, 0.4) is 0 Å². The first-order valence-corrected chi connectivity index (χ1v) is 10.4. The standard InChI is InChI=1S/C23H19N3OS2/c1-3-13-25-22(27)20(29-23(25)28)14-18-15-26(19-7-5-4-6-8-19)24-21(18)17-11-9-16(2)10-12-17/h3-12,14-15H,1,13H2,2H3/b20-14+. The molecule has 1 fully saturated rings. The van der Waals surface area contributed by atoms with Gasteiger partial charge in [0.1, 0.15) is 4.32 Å².